The van der Waals surface area contributed by atoms with E-state index in [1.54, 1.807) is 32.7 Å². The number of nitrogens with one attached hydrogen (secondary N) is 1. The molecule has 7 heteroatoms. The predicted molar refractivity (Wildman–Crippen MR) is 73.3 cm³/mol. The fraction of sp³-hybridized carbons (Fsp3) is 0.769. The third kappa shape index (κ3) is 2.71. The van der Waals surface area contributed by atoms with Crippen LogP contribution in [0.3, 0.4) is 0 Å². The van der Waals surface area contributed by atoms with Crippen molar-refractivity contribution in [2.45, 2.75) is 45.2 Å². The molecule has 7 nitrogen and oxygen atoms in total. The second-order valence-corrected chi connectivity index (χ2v) is 5.86. The van der Waals surface area contributed by atoms with Gasteiger partial charge in [0.1, 0.15) is 11.1 Å². The van der Waals surface area contributed by atoms with Crippen LogP contribution in [0.5, 0.6) is 0 Å². The Morgan fingerprint density at radius 2 is 1.95 bits per heavy atom. The summed E-state index contributed by atoms with van der Waals surface area (Å²) >= 11 is 0. The second kappa shape index (κ2) is 5.30. The Balaban J connectivity index is 2.93. The molecular weight excluding hydrogens is 262 g/mol. The van der Waals surface area contributed by atoms with E-state index in [9.17, 15) is 19.5 Å². The molecule has 1 unspecified atom stereocenters. The molecule has 0 spiro atoms. The van der Waals surface area contributed by atoms with Gasteiger partial charge in [-0.3, -0.25) is 4.79 Å². The van der Waals surface area contributed by atoms with Gasteiger partial charge in [0.15, 0.2) is 0 Å². The van der Waals surface area contributed by atoms with Crippen LogP contribution >= 0.6 is 0 Å². The Kier molecular flexibility index (Phi) is 4.31. The summed E-state index contributed by atoms with van der Waals surface area (Å²) in [7, 11) is 1.69. The molecule has 114 valence electrons. The van der Waals surface area contributed by atoms with Gasteiger partial charge < -0.3 is 20.2 Å². The van der Waals surface area contributed by atoms with Crippen LogP contribution in [-0.4, -0.2) is 64.0 Å². The minimum absolute atomic E-state index is 0.160. The lowest BCUT2D eigenvalue weighted by Crippen LogP contribution is -2.67. The summed E-state index contributed by atoms with van der Waals surface area (Å²) in [5.41, 5.74) is -2.32. The van der Waals surface area contributed by atoms with E-state index in [0.717, 1.165) is 0 Å². The normalized spacial score (nSPS) is 21.4. The fourth-order valence-electron chi connectivity index (χ4n) is 2.17. The molecule has 0 bridgehead atoms. The molecule has 20 heavy (non-hydrogen) atoms. The maximum Gasteiger partial charge on any atom is 0.329 e. The van der Waals surface area contributed by atoms with E-state index in [-0.39, 0.29) is 12.3 Å². The van der Waals surface area contributed by atoms with E-state index < -0.39 is 23.1 Å². The molecular formula is C13H23N3O4. The second-order valence-electron chi connectivity index (χ2n) is 5.86. The minimum atomic E-state index is -1.33. The fourth-order valence-corrected chi connectivity index (χ4v) is 2.17. The van der Waals surface area contributed by atoms with Gasteiger partial charge in [0.05, 0.1) is 0 Å². The third-order valence-electron chi connectivity index (χ3n) is 4.01. The van der Waals surface area contributed by atoms with Crippen LogP contribution in [0.1, 0.15) is 34.1 Å². The highest BCUT2D eigenvalue weighted by Crippen LogP contribution is 2.22. The third-order valence-corrected chi connectivity index (χ3v) is 4.01. The summed E-state index contributed by atoms with van der Waals surface area (Å²) in [5, 5.41) is 11.7. The number of carboxylic acid groups (broad SMARTS) is 1. The molecule has 0 aliphatic carbocycles. The Morgan fingerprint density at radius 3 is 2.40 bits per heavy atom. The number of piperazine rings is 1. The number of aliphatic carboxylic acids is 1. The van der Waals surface area contributed by atoms with Gasteiger partial charge >= 0.3 is 12.0 Å². The van der Waals surface area contributed by atoms with Crippen molar-refractivity contribution in [2.75, 3.05) is 20.1 Å². The standard InChI is InChI=1S/C13H23N3O4/c1-6-13(4,10(18)19)14-11(20)16-8-7-15(5)9(17)12(16,2)3/h6-8H2,1-5H3,(H,14,20)(H,18,19). The first-order valence-corrected chi connectivity index (χ1v) is 6.65. The van der Waals surface area contributed by atoms with Gasteiger partial charge in [-0.05, 0) is 27.2 Å². The van der Waals surface area contributed by atoms with Crippen LogP contribution in [-0.2, 0) is 9.59 Å². The number of carboxylic acids is 1. The minimum Gasteiger partial charge on any atom is -0.480 e. The summed E-state index contributed by atoms with van der Waals surface area (Å²) in [4.78, 5) is 38.6. The van der Waals surface area contributed by atoms with Crippen LogP contribution in [0, 0.1) is 0 Å². The van der Waals surface area contributed by atoms with Crippen LogP contribution in [0.15, 0.2) is 0 Å². The number of urea groups is 1. The van der Waals surface area contributed by atoms with Gasteiger partial charge in [-0.1, -0.05) is 6.92 Å². The molecule has 1 rings (SSSR count). The number of hydrogen-bond acceptors (Lipinski definition) is 3. The van der Waals surface area contributed by atoms with Gasteiger partial charge in [-0.2, -0.15) is 0 Å². The molecule has 1 heterocycles. The van der Waals surface area contributed by atoms with E-state index in [1.165, 1.54) is 11.8 Å². The smallest absolute Gasteiger partial charge is 0.329 e. The van der Waals surface area contributed by atoms with Crippen molar-refractivity contribution in [3.63, 3.8) is 0 Å². The molecule has 1 saturated heterocycles. The summed E-state index contributed by atoms with van der Waals surface area (Å²) < 4.78 is 0. The quantitative estimate of drug-likeness (QED) is 0.790. The zero-order valence-electron chi connectivity index (χ0n) is 12.7. The van der Waals surface area contributed by atoms with Gasteiger partial charge in [0, 0.05) is 20.1 Å². The maximum atomic E-state index is 12.3. The average molecular weight is 285 g/mol. The predicted octanol–water partition coefficient (Wildman–Crippen LogP) is 0.502. The van der Waals surface area contributed by atoms with Gasteiger partial charge in [0.2, 0.25) is 5.91 Å². The molecule has 0 aromatic carbocycles. The molecule has 3 amide bonds. The van der Waals surface area contributed by atoms with Crippen LogP contribution in [0.2, 0.25) is 0 Å². The number of hydrogen-bond donors (Lipinski definition) is 2. The van der Waals surface area contributed by atoms with Crippen molar-refractivity contribution in [3.8, 4) is 0 Å². The number of carbonyl (C=O) groups is 3. The van der Waals surface area contributed by atoms with E-state index in [2.05, 4.69) is 5.32 Å². The van der Waals surface area contributed by atoms with Crippen LogP contribution < -0.4 is 5.32 Å². The van der Waals surface area contributed by atoms with Gasteiger partial charge in [-0.15, -0.1) is 0 Å². The molecule has 1 aliphatic heterocycles. The Labute approximate surface area is 118 Å². The highest BCUT2D eigenvalue weighted by atomic mass is 16.4. The van der Waals surface area contributed by atoms with Crippen LogP contribution in [0.25, 0.3) is 0 Å². The number of rotatable bonds is 3. The first-order chi connectivity index (χ1) is 9.06. The highest BCUT2D eigenvalue weighted by Gasteiger charge is 2.45. The Morgan fingerprint density at radius 1 is 1.40 bits per heavy atom. The van der Waals surface area contributed by atoms with Crippen molar-refractivity contribution in [1.82, 2.24) is 15.1 Å². The number of likely N-dealkylation sites (N-methyl/N-ethyl adjacent to an activating group) is 1. The summed E-state index contributed by atoms with van der Waals surface area (Å²) in [6.45, 7) is 7.28. The SMILES string of the molecule is CCC(C)(NC(=O)N1CCN(C)C(=O)C1(C)C)C(=O)O. The molecule has 1 aliphatic rings. The van der Waals surface area contributed by atoms with Gasteiger partial charge in [-0.25, -0.2) is 9.59 Å². The summed E-state index contributed by atoms with van der Waals surface area (Å²) in [5.74, 6) is -1.25. The Hall–Kier alpha value is -1.79. The van der Waals surface area contributed by atoms with E-state index in [4.69, 9.17) is 0 Å². The van der Waals surface area contributed by atoms with Crippen molar-refractivity contribution in [2.24, 2.45) is 0 Å². The first kappa shape index (κ1) is 16.3. The molecule has 0 radical (unpaired) electrons. The molecule has 2 N–H and O–H groups in total. The molecule has 1 fully saturated rings. The molecule has 0 aromatic rings. The summed E-state index contributed by atoms with van der Waals surface area (Å²) in [6, 6.07) is -0.525. The largest absolute Gasteiger partial charge is 0.480 e. The lowest BCUT2D eigenvalue weighted by atomic mass is 9.97. The zero-order chi connectivity index (χ0) is 15.7. The van der Waals surface area contributed by atoms with Crippen molar-refractivity contribution < 1.29 is 19.5 Å². The average Bonchev–Trinajstić information content (AvgIpc) is 2.35. The highest BCUT2D eigenvalue weighted by molar-refractivity contribution is 5.93. The first-order valence-electron chi connectivity index (χ1n) is 6.65. The number of nitrogens with zero attached hydrogens (tertiary/aromatic N) is 2. The summed E-state index contributed by atoms with van der Waals surface area (Å²) in [6.07, 6.45) is 0.260. The monoisotopic (exact) mass is 285 g/mol. The lowest BCUT2D eigenvalue weighted by molar-refractivity contribution is -0.145. The number of carbonyl (C=O) groups excluding carboxylic acids is 2. The van der Waals surface area contributed by atoms with Crippen molar-refractivity contribution in [3.05, 3.63) is 0 Å². The molecule has 0 aromatic heterocycles. The molecule has 1 atom stereocenters. The van der Waals surface area contributed by atoms with Crippen LogP contribution in [0.4, 0.5) is 4.79 Å². The number of amides is 3. The molecule has 0 saturated carbocycles. The Bertz CT molecular complexity index is 435. The van der Waals surface area contributed by atoms with Crippen molar-refractivity contribution in [1.29, 1.82) is 0 Å². The van der Waals surface area contributed by atoms with E-state index in [1.807, 2.05) is 0 Å². The van der Waals surface area contributed by atoms with E-state index >= 15 is 0 Å². The zero-order valence-corrected chi connectivity index (χ0v) is 12.7. The van der Waals surface area contributed by atoms with E-state index in [0.29, 0.717) is 13.1 Å². The van der Waals surface area contributed by atoms with Crippen molar-refractivity contribution >= 4 is 17.9 Å². The topological polar surface area (TPSA) is 90.0 Å². The van der Waals surface area contributed by atoms with Gasteiger partial charge in [0.25, 0.3) is 0 Å². The lowest BCUT2D eigenvalue weighted by Gasteiger charge is -2.45. The maximum absolute atomic E-state index is 12.3.